The smallest absolute Gasteiger partial charge is 0.313 e. The molecule has 30 heavy (non-hydrogen) atoms. The molecule has 2 N–H and O–H groups in total. The Bertz CT molecular complexity index is 812. The van der Waals surface area contributed by atoms with Crippen molar-refractivity contribution in [2.45, 2.75) is 43.5 Å². The summed E-state index contributed by atoms with van der Waals surface area (Å²) in [5, 5.41) is 3.17. The van der Waals surface area contributed by atoms with Gasteiger partial charge in [-0.2, -0.15) is 0 Å². The van der Waals surface area contributed by atoms with Gasteiger partial charge in [-0.3, -0.25) is 0 Å². The molecule has 0 aliphatic rings. The first-order chi connectivity index (χ1) is 14.5. The Kier molecular flexibility index (Phi) is 12.0. The molecule has 0 saturated heterocycles. The van der Waals surface area contributed by atoms with Gasteiger partial charge in [0.05, 0.1) is 0 Å². The second-order valence-electron chi connectivity index (χ2n) is 6.76. The highest BCUT2D eigenvalue weighted by Crippen LogP contribution is 2.29. The van der Waals surface area contributed by atoms with Crippen LogP contribution in [-0.2, 0) is 22.1 Å². The van der Waals surface area contributed by atoms with Crippen LogP contribution in [0, 0.1) is 11.6 Å². The second-order valence-corrected chi connectivity index (χ2v) is 9.49. The Labute approximate surface area is 189 Å². The molecule has 0 fully saturated rings. The van der Waals surface area contributed by atoms with Crippen LogP contribution in [0.4, 0.5) is 8.78 Å². The van der Waals surface area contributed by atoms with Gasteiger partial charge < -0.3 is 5.32 Å². The van der Waals surface area contributed by atoms with Crippen LogP contribution in [0.5, 0.6) is 0 Å². The Morgan fingerprint density at radius 1 is 1.10 bits per heavy atom. The maximum Gasteiger partial charge on any atom is 0.694 e. The van der Waals surface area contributed by atoms with Gasteiger partial charge in [-0.15, -0.1) is 21.2 Å². The Morgan fingerprint density at radius 2 is 1.87 bits per heavy atom. The number of benzene rings is 2. The summed E-state index contributed by atoms with van der Waals surface area (Å²) in [4.78, 5) is 9.17. The SMILES string of the molecule is O=[P+](O)OCCCNCc1cc(F)c(SCCCCCc2ccc(F)cc2)cc1Br. The molecule has 0 saturated carbocycles. The number of aryl methyl sites for hydroxylation is 1. The molecule has 2 aromatic carbocycles. The lowest BCUT2D eigenvalue weighted by molar-refractivity contribution is 0.276. The minimum absolute atomic E-state index is 0.202. The van der Waals surface area contributed by atoms with Crippen molar-refractivity contribution in [2.24, 2.45) is 0 Å². The van der Waals surface area contributed by atoms with E-state index in [4.69, 9.17) is 4.89 Å². The molecular weight excluding hydrogens is 495 g/mol. The summed E-state index contributed by atoms with van der Waals surface area (Å²) in [5.74, 6) is 0.404. The van der Waals surface area contributed by atoms with E-state index in [-0.39, 0.29) is 18.2 Å². The van der Waals surface area contributed by atoms with Gasteiger partial charge in [-0.1, -0.05) is 34.5 Å². The van der Waals surface area contributed by atoms with E-state index in [0.717, 1.165) is 47.0 Å². The van der Waals surface area contributed by atoms with Crippen molar-refractivity contribution in [1.82, 2.24) is 5.32 Å². The first-order valence-corrected chi connectivity index (χ1v) is 12.7. The number of unbranched alkanes of at least 4 members (excludes halogenated alkanes) is 2. The van der Waals surface area contributed by atoms with Gasteiger partial charge in [0.1, 0.15) is 18.2 Å². The summed E-state index contributed by atoms with van der Waals surface area (Å²) in [6.45, 7) is 1.30. The summed E-state index contributed by atoms with van der Waals surface area (Å²) >= 11 is 5.02. The average molecular weight is 521 g/mol. The fourth-order valence-electron chi connectivity index (χ4n) is 2.82. The minimum Gasteiger partial charge on any atom is -0.313 e. The lowest BCUT2D eigenvalue weighted by Gasteiger charge is -2.10. The molecule has 9 heteroatoms. The highest BCUT2D eigenvalue weighted by Gasteiger charge is 2.11. The van der Waals surface area contributed by atoms with Crippen molar-refractivity contribution in [2.75, 3.05) is 18.9 Å². The van der Waals surface area contributed by atoms with E-state index in [1.807, 2.05) is 18.2 Å². The molecule has 2 aromatic rings. The monoisotopic (exact) mass is 520 g/mol. The van der Waals surface area contributed by atoms with E-state index in [1.165, 1.54) is 30.0 Å². The number of halogens is 3. The number of nitrogens with one attached hydrogen (secondary N) is 1. The van der Waals surface area contributed by atoms with Crippen molar-refractivity contribution in [3.63, 3.8) is 0 Å². The van der Waals surface area contributed by atoms with Gasteiger partial charge in [0, 0.05) is 20.5 Å². The first kappa shape index (κ1) is 25.4. The second kappa shape index (κ2) is 14.2. The third kappa shape index (κ3) is 9.94. The molecule has 164 valence electrons. The molecule has 1 unspecified atom stereocenters. The maximum absolute atomic E-state index is 14.4. The van der Waals surface area contributed by atoms with Gasteiger partial charge >= 0.3 is 8.25 Å². The molecular formula is C21H26BrF2NO3PS+. The van der Waals surface area contributed by atoms with E-state index < -0.39 is 8.25 Å². The molecule has 0 aliphatic carbocycles. The van der Waals surface area contributed by atoms with Gasteiger partial charge in [0.25, 0.3) is 0 Å². The molecule has 4 nitrogen and oxygen atoms in total. The zero-order valence-corrected chi connectivity index (χ0v) is 19.9. The number of rotatable bonds is 14. The van der Waals surface area contributed by atoms with Crippen LogP contribution in [0.1, 0.15) is 36.8 Å². The molecule has 0 radical (unpaired) electrons. The third-order valence-corrected chi connectivity index (χ3v) is 6.65. The van der Waals surface area contributed by atoms with Crippen LogP contribution in [0.3, 0.4) is 0 Å². The van der Waals surface area contributed by atoms with Crippen molar-refractivity contribution in [3.8, 4) is 0 Å². The van der Waals surface area contributed by atoms with Crippen LogP contribution in [0.25, 0.3) is 0 Å². The minimum atomic E-state index is -2.55. The Hall–Kier alpha value is -0.890. The summed E-state index contributed by atoms with van der Waals surface area (Å²) in [6, 6.07) is 9.96. The lowest BCUT2D eigenvalue weighted by atomic mass is 10.1. The van der Waals surface area contributed by atoms with Crippen LogP contribution in [-0.4, -0.2) is 23.8 Å². The lowest BCUT2D eigenvalue weighted by Crippen LogP contribution is -2.16. The molecule has 1 atom stereocenters. The highest BCUT2D eigenvalue weighted by atomic mass is 79.9. The maximum atomic E-state index is 14.4. The Balaban J connectivity index is 1.65. The quantitative estimate of drug-likeness (QED) is 0.172. The molecule has 2 rings (SSSR count). The van der Waals surface area contributed by atoms with Gasteiger partial charge in [0.15, 0.2) is 0 Å². The van der Waals surface area contributed by atoms with E-state index >= 15 is 0 Å². The van der Waals surface area contributed by atoms with E-state index in [0.29, 0.717) is 24.4 Å². The summed E-state index contributed by atoms with van der Waals surface area (Å²) < 4.78 is 43.1. The Morgan fingerprint density at radius 3 is 2.60 bits per heavy atom. The van der Waals surface area contributed by atoms with Crippen molar-refractivity contribution in [3.05, 3.63) is 63.6 Å². The molecule has 0 heterocycles. The number of thioether (sulfide) groups is 1. The van der Waals surface area contributed by atoms with Crippen molar-refractivity contribution >= 4 is 35.9 Å². The zero-order valence-electron chi connectivity index (χ0n) is 16.6. The average Bonchev–Trinajstić information content (AvgIpc) is 2.71. The highest BCUT2D eigenvalue weighted by molar-refractivity contribution is 9.10. The van der Waals surface area contributed by atoms with E-state index in [1.54, 1.807) is 0 Å². The fourth-order valence-corrected chi connectivity index (χ4v) is 4.71. The van der Waals surface area contributed by atoms with Crippen LogP contribution in [0.15, 0.2) is 45.8 Å². The predicted octanol–water partition coefficient (Wildman–Crippen LogP) is 6.38. The normalized spacial score (nSPS) is 11.7. The predicted molar refractivity (Wildman–Crippen MR) is 121 cm³/mol. The molecule has 0 bridgehead atoms. The fraction of sp³-hybridized carbons (Fsp3) is 0.429. The number of hydrogen-bond acceptors (Lipinski definition) is 4. The first-order valence-electron chi connectivity index (χ1n) is 9.80. The molecule has 0 aliphatic heterocycles. The van der Waals surface area contributed by atoms with Crippen LogP contribution in [0.2, 0.25) is 0 Å². The molecule has 0 amide bonds. The summed E-state index contributed by atoms with van der Waals surface area (Å²) in [6.07, 6.45) is 4.59. The van der Waals surface area contributed by atoms with Crippen molar-refractivity contribution in [1.29, 1.82) is 0 Å². The number of hydrogen-bond donors (Lipinski definition) is 2. The summed E-state index contributed by atoms with van der Waals surface area (Å²) in [7, 11) is -2.55. The van der Waals surface area contributed by atoms with Gasteiger partial charge in [-0.05, 0) is 73.4 Å². The largest absolute Gasteiger partial charge is 0.694 e. The standard InChI is InChI=1S/C21H25BrF2NO3PS/c22-19-14-21(20(24)13-17(19)15-25-10-4-11-28-29(26)27)30-12-3-1-2-5-16-6-8-18(23)9-7-16/h6-9,13-14,25H,1-5,10-12,15H2/p+1. The summed E-state index contributed by atoms with van der Waals surface area (Å²) in [5.41, 5.74) is 1.96. The van der Waals surface area contributed by atoms with Crippen LogP contribution < -0.4 is 5.32 Å². The van der Waals surface area contributed by atoms with Gasteiger partial charge in [0.2, 0.25) is 0 Å². The third-order valence-electron chi connectivity index (χ3n) is 4.40. The molecule has 0 aromatic heterocycles. The van der Waals surface area contributed by atoms with Gasteiger partial charge in [-0.25, -0.2) is 8.78 Å². The zero-order chi connectivity index (χ0) is 21.8. The van der Waals surface area contributed by atoms with Crippen LogP contribution >= 0.6 is 35.9 Å². The van der Waals surface area contributed by atoms with Crippen molar-refractivity contribution < 1.29 is 22.8 Å². The topological polar surface area (TPSA) is 58.6 Å². The van der Waals surface area contributed by atoms with E-state index in [9.17, 15) is 13.3 Å². The van der Waals surface area contributed by atoms with E-state index in [2.05, 4.69) is 25.8 Å². The molecule has 0 spiro atoms.